The first-order valence-electron chi connectivity index (χ1n) is 6.47. The van der Waals surface area contributed by atoms with Gasteiger partial charge in [-0.3, -0.25) is 4.79 Å². The highest BCUT2D eigenvalue weighted by molar-refractivity contribution is 5.74. The molecule has 0 aliphatic heterocycles. The molecule has 1 aromatic rings. The van der Waals surface area contributed by atoms with Crippen molar-refractivity contribution in [2.24, 2.45) is 5.73 Å². The van der Waals surface area contributed by atoms with E-state index in [9.17, 15) is 4.79 Å². The molecule has 1 unspecified atom stereocenters. The van der Waals surface area contributed by atoms with Crippen molar-refractivity contribution in [1.82, 2.24) is 0 Å². The van der Waals surface area contributed by atoms with Crippen LogP contribution in [-0.4, -0.2) is 23.7 Å². The molecule has 1 atom stereocenters. The van der Waals surface area contributed by atoms with E-state index >= 15 is 0 Å². The molecule has 4 nitrogen and oxygen atoms in total. The highest BCUT2D eigenvalue weighted by Crippen LogP contribution is 2.29. The lowest BCUT2D eigenvalue weighted by Gasteiger charge is -2.23. The van der Waals surface area contributed by atoms with Crippen molar-refractivity contribution in [1.29, 1.82) is 0 Å². The summed E-state index contributed by atoms with van der Waals surface area (Å²) < 4.78 is 0. The van der Waals surface area contributed by atoms with Gasteiger partial charge in [0.2, 0.25) is 0 Å². The van der Waals surface area contributed by atoms with Crippen LogP contribution in [0.2, 0.25) is 0 Å². The minimum absolute atomic E-state index is 0.103. The lowest BCUT2D eigenvalue weighted by molar-refractivity contribution is -0.138. The monoisotopic (exact) mass is 264 g/mol. The number of aryl methyl sites for hydroxylation is 2. The van der Waals surface area contributed by atoms with Gasteiger partial charge in [0.1, 0.15) is 6.04 Å². The predicted molar refractivity (Wildman–Crippen MR) is 78.7 cm³/mol. The van der Waals surface area contributed by atoms with E-state index < -0.39 is 12.0 Å². The maximum atomic E-state index is 10.7. The number of carboxylic acid groups (broad SMARTS) is 1. The summed E-state index contributed by atoms with van der Waals surface area (Å²) in [5, 5.41) is 11.9. The van der Waals surface area contributed by atoms with Gasteiger partial charge in [0.05, 0.1) is 0 Å². The Hall–Kier alpha value is -1.55. The maximum absolute atomic E-state index is 10.7. The Labute approximate surface area is 115 Å². The molecule has 0 fully saturated rings. The standard InChI is InChI=1S/C15H24N2O2/c1-9-6-11(15(3,4)5)7-10(2)13(9)17-8-12(16)14(18)19/h6-7,12,17H,8,16H2,1-5H3,(H,18,19). The second-order valence-corrected chi connectivity index (χ2v) is 6.06. The van der Waals surface area contributed by atoms with E-state index in [4.69, 9.17) is 10.8 Å². The number of rotatable bonds is 4. The summed E-state index contributed by atoms with van der Waals surface area (Å²) in [5.74, 6) is -0.992. The molecule has 0 aliphatic rings. The summed E-state index contributed by atoms with van der Waals surface area (Å²) in [4.78, 5) is 10.7. The van der Waals surface area contributed by atoms with E-state index in [1.807, 2.05) is 13.8 Å². The first-order chi connectivity index (χ1) is 8.62. The van der Waals surface area contributed by atoms with Crippen molar-refractivity contribution < 1.29 is 9.90 Å². The molecule has 1 rings (SSSR count). The first kappa shape index (κ1) is 15.5. The van der Waals surface area contributed by atoms with Gasteiger partial charge in [-0.2, -0.15) is 0 Å². The zero-order valence-electron chi connectivity index (χ0n) is 12.4. The number of nitrogens with two attached hydrogens (primary N) is 1. The maximum Gasteiger partial charge on any atom is 0.322 e. The summed E-state index contributed by atoms with van der Waals surface area (Å²) in [6.45, 7) is 10.8. The third kappa shape index (κ3) is 3.96. The van der Waals surface area contributed by atoms with Crippen LogP contribution in [0.25, 0.3) is 0 Å². The van der Waals surface area contributed by atoms with E-state index in [0.717, 1.165) is 16.8 Å². The summed E-state index contributed by atoms with van der Waals surface area (Å²) in [5.41, 5.74) is 10.1. The van der Waals surface area contributed by atoms with Crippen molar-refractivity contribution >= 4 is 11.7 Å². The zero-order chi connectivity index (χ0) is 14.8. The van der Waals surface area contributed by atoms with Gasteiger partial charge in [-0.1, -0.05) is 32.9 Å². The van der Waals surface area contributed by atoms with E-state index in [1.165, 1.54) is 5.56 Å². The van der Waals surface area contributed by atoms with E-state index in [1.54, 1.807) is 0 Å². The van der Waals surface area contributed by atoms with Crippen LogP contribution in [0.4, 0.5) is 5.69 Å². The number of anilines is 1. The Morgan fingerprint density at radius 3 is 2.16 bits per heavy atom. The molecule has 4 heteroatoms. The summed E-state index contributed by atoms with van der Waals surface area (Å²) in [6, 6.07) is 3.39. The van der Waals surface area contributed by atoms with Gasteiger partial charge in [-0.05, 0) is 36.0 Å². The molecule has 0 aliphatic carbocycles. The van der Waals surface area contributed by atoms with Gasteiger partial charge in [0.25, 0.3) is 0 Å². The van der Waals surface area contributed by atoms with Gasteiger partial charge in [-0.15, -0.1) is 0 Å². The molecule has 0 saturated heterocycles. The van der Waals surface area contributed by atoms with Gasteiger partial charge in [-0.25, -0.2) is 0 Å². The lowest BCUT2D eigenvalue weighted by Crippen LogP contribution is -2.37. The molecular weight excluding hydrogens is 240 g/mol. The van der Waals surface area contributed by atoms with Crippen LogP contribution >= 0.6 is 0 Å². The number of carboxylic acids is 1. The van der Waals surface area contributed by atoms with Gasteiger partial charge in [0, 0.05) is 12.2 Å². The van der Waals surface area contributed by atoms with Crippen molar-refractivity contribution in [2.75, 3.05) is 11.9 Å². The van der Waals surface area contributed by atoms with Crippen molar-refractivity contribution in [3.63, 3.8) is 0 Å². The van der Waals surface area contributed by atoms with Gasteiger partial charge < -0.3 is 16.2 Å². The predicted octanol–water partition coefficient (Wildman–Crippen LogP) is 2.42. The van der Waals surface area contributed by atoms with E-state index in [0.29, 0.717) is 0 Å². The summed E-state index contributed by atoms with van der Waals surface area (Å²) >= 11 is 0. The molecule has 0 aromatic heterocycles. The van der Waals surface area contributed by atoms with Crippen LogP contribution in [-0.2, 0) is 10.2 Å². The van der Waals surface area contributed by atoms with Crippen molar-refractivity contribution in [3.05, 3.63) is 28.8 Å². The Morgan fingerprint density at radius 1 is 1.32 bits per heavy atom. The third-order valence-corrected chi connectivity index (χ3v) is 3.21. The molecule has 0 saturated carbocycles. The Balaban J connectivity index is 2.95. The minimum Gasteiger partial charge on any atom is -0.480 e. The zero-order valence-corrected chi connectivity index (χ0v) is 12.4. The van der Waals surface area contributed by atoms with Crippen LogP contribution in [0, 0.1) is 13.8 Å². The Kier molecular flexibility index (Phi) is 4.58. The topological polar surface area (TPSA) is 75.3 Å². The summed E-state index contributed by atoms with van der Waals surface area (Å²) in [6.07, 6.45) is 0. The van der Waals surface area contributed by atoms with Crippen molar-refractivity contribution in [3.8, 4) is 0 Å². The molecular formula is C15H24N2O2. The smallest absolute Gasteiger partial charge is 0.322 e. The van der Waals surface area contributed by atoms with Crippen LogP contribution < -0.4 is 11.1 Å². The molecule has 0 amide bonds. The fourth-order valence-electron chi connectivity index (χ4n) is 1.97. The molecule has 0 bridgehead atoms. The molecule has 106 valence electrons. The molecule has 0 spiro atoms. The highest BCUT2D eigenvalue weighted by Gasteiger charge is 2.17. The fraction of sp³-hybridized carbons (Fsp3) is 0.533. The average molecular weight is 264 g/mol. The number of hydrogen-bond acceptors (Lipinski definition) is 3. The molecule has 4 N–H and O–H groups in total. The SMILES string of the molecule is Cc1cc(C(C)(C)C)cc(C)c1NCC(N)C(=O)O. The molecule has 1 aromatic carbocycles. The number of hydrogen-bond donors (Lipinski definition) is 3. The van der Waals surface area contributed by atoms with Crippen LogP contribution in [0.15, 0.2) is 12.1 Å². The van der Waals surface area contributed by atoms with Gasteiger partial charge >= 0.3 is 5.97 Å². The Morgan fingerprint density at radius 2 is 1.79 bits per heavy atom. The molecule has 0 heterocycles. The van der Waals surface area contributed by atoms with Crippen molar-refractivity contribution in [2.45, 2.75) is 46.1 Å². The minimum atomic E-state index is -0.992. The second-order valence-electron chi connectivity index (χ2n) is 6.06. The molecule has 0 radical (unpaired) electrons. The second kappa shape index (κ2) is 5.61. The number of aliphatic carboxylic acids is 1. The van der Waals surface area contributed by atoms with Crippen LogP contribution in [0.3, 0.4) is 0 Å². The third-order valence-electron chi connectivity index (χ3n) is 3.21. The average Bonchev–Trinajstić information content (AvgIpc) is 2.25. The number of nitrogens with one attached hydrogen (secondary N) is 1. The Bertz CT molecular complexity index is 453. The summed E-state index contributed by atoms with van der Waals surface area (Å²) in [7, 11) is 0. The lowest BCUT2D eigenvalue weighted by atomic mass is 9.85. The van der Waals surface area contributed by atoms with Gasteiger partial charge in [0.15, 0.2) is 0 Å². The largest absolute Gasteiger partial charge is 0.480 e. The fourth-order valence-corrected chi connectivity index (χ4v) is 1.97. The van der Waals surface area contributed by atoms with E-state index in [2.05, 4.69) is 38.2 Å². The van der Waals surface area contributed by atoms with E-state index in [-0.39, 0.29) is 12.0 Å². The quantitative estimate of drug-likeness (QED) is 0.780. The normalized spacial score (nSPS) is 13.2. The molecule has 19 heavy (non-hydrogen) atoms. The highest BCUT2D eigenvalue weighted by atomic mass is 16.4. The number of carbonyl (C=O) groups is 1. The first-order valence-corrected chi connectivity index (χ1v) is 6.47. The van der Waals surface area contributed by atoms with Crippen LogP contribution in [0.1, 0.15) is 37.5 Å². The number of benzene rings is 1. The van der Waals surface area contributed by atoms with Crippen LogP contribution in [0.5, 0.6) is 0 Å².